The molecule has 3 aliphatic rings. The molecule has 1 amide bonds. The maximum atomic E-state index is 13.4. The number of amides is 1. The lowest BCUT2D eigenvalue weighted by Gasteiger charge is -2.53. The zero-order chi connectivity index (χ0) is 21.5. The quantitative estimate of drug-likeness (QED) is 0.664. The summed E-state index contributed by atoms with van der Waals surface area (Å²) in [7, 11) is -3.40. The highest BCUT2D eigenvalue weighted by Crippen LogP contribution is 2.31. The van der Waals surface area contributed by atoms with E-state index >= 15 is 0 Å². The van der Waals surface area contributed by atoms with E-state index in [0.717, 1.165) is 31.5 Å². The lowest BCUT2D eigenvalue weighted by Crippen LogP contribution is -2.72. The Kier molecular flexibility index (Phi) is 6.63. The Labute approximate surface area is 187 Å². The van der Waals surface area contributed by atoms with E-state index in [1.165, 1.54) is 10.6 Å². The number of ether oxygens (including phenoxy) is 1. The summed E-state index contributed by atoms with van der Waals surface area (Å²) in [5, 5.41) is 0.871. The molecule has 3 atom stereocenters. The summed E-state index contributed by atoms with van der Waals surface area (Å²) in [5.74, 6) is -0.0253. The molecular formula is C20H27Cl2N3O4S. The molecule has 0 radical (unpaired) electrons. The van der Waals surface area contributed by atoms with Crippen LogP contribution in [0.4, 0.5) is 0 Å². The molecule has 3 fully saturated rings. The first-order chi connectivity index (χ1) is 14.3. The van der Waals surface area contributed by atoms with Crippen LogP contribution in [0.3, 0.4) is 0 Å². The van der Waals surface area contributed by atoms with Gasteiger partial charge in [0.2, 0.25) is 15.9 Å². The van der Waals surface area contributed by atoms with Crippen LogP contribution in [0.15, 0.2) is 18.2 Å². The van der Waals surface area contributed by atoms with Gasteiger partial charge in [-0.1, -0.05) is 29.3 Å². The molecule has 3 heterocycles. The Morgan fingerprint density at radius 2 is 1.77 bits per heavy atom. The van der Waals surface area contributed by atoms with Gasteiger partial charge in [0, 0.05) is 13.1 Å². The first-order valence-electron chi connectivity index (χ1n) is 10.3. The number of carbonyl (C=O) groups is 1. The third-order valence-corrected chi connectivity index (χ3v) is 8.40. The van der Waals surface area contributed by atoms with Gasteiger partial charge < -0.3 is 9.64 Å². The predicted octanol–water partition coefficient (Wildman–Crippen LogP) is 1.87. The molecule has 0 bridgehead atoms. The number of rotatable bonds is 4. The summed E-state index contributed by atoms with van der Waals surface area (Å²) in [6, 6.07) is 4.61. The van der Waals surface area contributed by atoms with Crippen LogP contribution >= 0.6 is 23.2 Å². The van der Waals surface area contributed by atoms with Gasteiger partial charge in [0.25, 0.3) is 0 Å². The fraction of sp³-hybridized carbons (Fsp3) is 0.650. The number of likely N-dealkylation sites (tertiary alicyclic amines) is 1. The number of nitrogens with zero attached hydrogens (tertiary/aromatic N) is 3. The molecule has 166 valence electrons. The van der Waals surface area contributed by atoms with E-state index < -0.39 is 10.0 Å². The van der Waals surface area contributed by atoms with E-state index in [4.69, 9.17) is 27.9 Å². The van der Waals surface area contributed by atoms with E-state index in [1.54, 1.807) is 18.2 Å². The molecule has 2 unspecified atom stereocenters. The minimum Gasteiger partial charge on any atom is -0.378 e. The molecule has 0 aromatic heterocycles. The summed E-state index contributed by atoms with van der Waals surface area (Å²) in [4.78, 5) is 17.6. The Morgan fingerprint density at radius 1 is 1.07 bits per heavy atom. The number of benzene rings is 1. The Bertz CT molecular complexity index is 907. The topological polar surface area (TPSA) is 70.2 Å². The lowest BCUT2D eigenvalue weighted by atomic mass is 9.92. The monoisotopic (exact) mass is 475 g/mol. The average Bonchev–Trinajstić information content (AvgIpc) is 3.23. The molecule has 1 aromatic rings. The molecular weight excluding hydrogens is 449 g/mol. The molecule has 10 heteroatoms. The normalized spacial score (nSPS) is 28.5. The highest BCUT2D eigenvalue weighted by molar-refractivity contribution is 7.88. The van der Waals surface area contributed by atoms with E-state index in [2.05, 4.69) is 4.90 Å². The van der Waals surface area contributed by atoms with Crippen LogP contribution < -0.4 is 0 Å². The van der Waals surface area contributed by atoms with Crippen molar-refractivity contribution in [1.29, 1.82) is 0 Å². The second-order valence-electron chi connectivity index (χ2n) is 8.29. The molecule has 3 aliphatic heterocycles. The molecule has 0 aliphatic carbocycles. The number of carbonyl (C=O) groups excluding carboxylic acids is 1. The van der Waals surface area contributed by atoms with E-state index in [1.807, 2.05) is 4.90 Å². The zero-order valence-corrected chi connectivity index (χ0v) is 19.3. The van der Waals surface area contributed by atoms with Gasteiger partial charge in [-0.3, -0.25) is 9.69 Å². The predicted molar refractivity (Wildman–Crippen MR) is 116 cm³/mol. The third kappa shape index (κ3) is 4.49. The minimum absolute atomic E-state index is 0.00597. The number of halogens is 2. The lowest BCUT2D eigenvalue weighted by molar-refractivity contribution is -0.147. The summed E-state index contributed by atoms with van der Waals surface area (Å²) in [6.07, 6.45) is 3.66. The minimum atomic E-state index is -3.40. The van der Waals surface area contributed by atoms with Crippen molar-refractivity contribution in [2.24, 2.45) is 0 Å². The maximum absolute atomic E-state index is 13.4. The first kappa shape index (κ1) is 22.3. The van der Waals surface area contributed by atoms with Crippen molar-refractivity contribution in [1.82, 2.24) is 14.1 Å². The Balaban J connectivity index is 1.62. The largest absolute Gasteiger partial charge is 0.378 e. The molecule has 0 spiro atoms. The molecule has 3 saturated heterocycles. The standard InChI is InChI=1S/C20H27Cl2N3O4S/c1-30(27,28)25-9-8-24(19(26)11-14-4-5-15(21)16(22)10-14)20-17(12-29-13-18(20)25)23-6-2-3-7-23/h4-5,10,17-18,20H,2-3,6-9,11-13H2,1H3/t17?,18?,20-/m1/s1. The smallest absolute Gasteiger partial charge is 0.227 e. The number of sulfonamides is 1. The fourth-order valence-corrected chi connectivity index (χ4v) is 6.39. The van der Waals surface area contributed by atoms with Crippen LogP contribution in [0.2, 0.25) is 10.0 Å². The van der Waals surface area contributed by atoms with Gasteiger partial charge in [-0.25, -0.2) is 8.42 Å². The van der Waals surface area contributed by atoms with Gasteiger partial charge >= 0.3 is 0 Å². The number of piperazine rings is 1. The zero-order valence-electron chi connectivity index (χ0n) is 17.0. The summed E-state index contributed by atoms with van der Waals surface area (Å²) >= 11 is 12.1. The summed E-state index contributed by atoms with van der Waals surface area (Å²) in [5.41, 5.74) is 0.793. The van der Waals surface area contributed by atoms with Crippen LogP contribution in [0, 0.1) is 0 Å². The van der Waals surface area contributed by atoms with Crippen LogP contribution in [0.1, 0.15) is 18.4 Å². The molecule has 30 heavy (non-hydrogen) atoms. The van der Waals surface area contributed by atoms with Crippen molar-refractivity contribution in [2.75, 3.05) is 45.6 Å². The SMILES string of the molecule is CS(=O)(=O)N1CCN(C(=O)Cc2ccc(Cl)c(Cl)c2)[C@@H]2C(N3CCCC3)COCC21. The number of fused-ring (bicyclic) bond motifs is 1. The molecule has 4 rings (SSSR count). The molecule has 7 nitrogen and oxygen atoms in total. The second-order valence-corrected chi connectivity index (χ2v) is 11.0. The van der Waals surface area contributed by atoms with Crippen LogP contribution in [0.25, 0.3) is 0 Å². The molecule has 1 aromatic carbocycles. The third-order valence-electron chi connectivity index (χ3n) is 6.35. The maximum Gasteiger partial charge on any atom is 0.227 e. The van der Waals surface area contributed by atoms with Crippen molar-refractivity contribution in [3.8, 4) is 0 Å². The van der Waals surface area contributed by atoms with Crippen molar-refractivity contribution in [3.05, 3.63) is 33.8 Å². The number of hydrogen-bond donors (Lipinski definition) is 0. The number of hydrogen-bond acceptors (Lipinski definition) is 5. The Morgan fingerprint density at radius 3 is 2.43 bits per heavy atom. The Hall–Kier alpha value is -0.900. The average molecular weight is 476 g/mol. The fourth-order valence-electron chi connectivity index (χ4n) is 4.98. The van der Waals surface area contributed by atoms with Crippen LogP contribution in [-0.2, 0) is 26.0 Å². The van der Waals surface area contributed by atoms with Crippen molar-refractivity contribution in [2.45, 2.75) is 37.4 Å². The highest BCUT2D eigenvalue weighted by Gasteiger charge is 2.50. The van der Waals surface area contributed by atoms with Crippen LogP contribution in [0.5, 0.6) is 0 Å². The van der Waals surface area contributed by atoms with Crippen molar-refractivity contribution >= 4 is 39.1 Å². The molecule has 0 saturated carbocycles. The van der Waals surface area contributed by atoms with Gasteiger partial charge in [0.15, 0.2) is 0 Å². The van der Waals surface area contributed by atoms with Gasteiger partial charge in [-0.15, -0.1) is 0 Å². The second kappa shape index (κ2) is 8.92. The van der Waals surface area contributed by atoms with E-state index in [9.17, 15) is 13.2 Å². The van der Waals surface area contributed by atoms with Crippen molar-refractivity contribution < 1.29 is 17.9 Å². The summed E-state index contributed by atoms with van der Waals surface area (Å²) < 4.78 is 32.2. The van der Waals surface area contributed by atoms with Gasteiger partial charge in [-0.2, -0.15) is 4.31 Å². The first-order valence-corrected chi connectivity index (χ1v) is 12.9. The van der Waals surface area contributed by atoms with Crippen LogP contribution in [-0.4, -0.2) is 92.2 Å². The van der Waals surface area contributed by atoms with Gasteiger partial charge in [0.05, 0.1) is 54.1 Å². The molecule has 0 N–H and O–H groups in total. The summed E-state index contributed by atoms with van der Waals surface area (Å²) in [6.45, 7) is 3.37. The van der Waals surface area contributed by atoms with Gasteiger partial charge in [-0.05, 0) is 43.6 Å². The van der Waals surface area contributed by atoms with E-state index in [-0.39, 0.29) is 37.0 Å². The van der Waals surface area contributed by atoms with Crippen molar-refractivity contribution in [3.63, 3.8) is 0 Å². The highest BCUT2D eigenvalue weighted by atomic mass is 35.5. The van der Waals surface area contributed by atoms with Gasteiger partial charge in [0.1, 0.15) is 0 Å². The van der Waals surface area contributed by atoms with E-state index in [0.29, 0.717) is 29.8 Å².